The fourth-order valence-electron chi connectivity index (χ4n) is 4.39. The molecule has 0 bridgehead atoms. The number of benzene rings is 3. The average Bonchev–Trinajstić information content (AvgIpc) is 3.05. The van der Waals surface area contributed by atoms with E-state index in [4.69, 9.17) is 0 Å². The Labute approximate surface area is 131 Å². The van der Waals surface area contributed by atoms with E-state index in [-0.39, 0.29) is 0 Å². The molecule has 0 fully saturated rings. The molecule has 0 aliphatic heterocycles. The average molecular weight is 282 g/mol. The molecule has 3 aromatic rings. The summed E-state index contributed by atoms with van der Waals surface area (Å²) in [6.45, 7) is 4.46. The van der Waals surface area contributed by atoms with E-state index in [1.807, 2.05) is 0 Å². The molecule has 0 radical (unpaired) electrons. The molecule has 0 heterocycles. The molecule has 106 valence electrons. The maximum Gasteiger partial charge on any atom is -0.000455 e. The summed E-state index contributed by atoms with van der Waals surface area (Å²) in [5.74, 6) is 0. The number of hydrogen-bond acceptors (Lipinski definition) is 0. The van der Waals surface area contributed by atoms with Crippen molar-refractivity contribution in [2.45, 2.75) is 26.7 Å². The predicted octanol–water partition coefficient (Wildman–Crippen LogP) is 5.45. The summed E-state index contributed by atoms with van der Waals surface area (Å²) in [5.41, 5.74) is 14.7. The quantitative estimate of drug-likeness (QED) is 0.354. The Morgan fingerprint density at radius 3 is 2.45 bits per heavy atom. The summed E-state index contributed by atoms with van der Waals surface area (Å²) in [5, 5.41) is 0. The molecule has 0 saturated heterocycles. The van der Waals surface area contributed by atoms with E-state index < -0.39 is 0 Å². The Hall–Kier alpha value is -2.34. The molecule has 0 nitrogen and oxygen atoms in total. The molecule has 0 spiro atoms. The van der Waals surface area contributed by atoms with Crippen LogP contribution in [0.4, 0.5) is 0 Å². The van der Waals surface area contributed by atoms with E-state index in [1.54, 1.807) is 5.56 Å². The van der Waals surface area contributed by atoms with Gasteiger partial charge in [-0.25, -0.2) is 0 Å². The molecular weight excluding hydrogens is 264 g/mol. The van der Waals surface area contributed by atoms with Crippen molar-refractivity contribution < 1.29 is 0 Å². The van der Waals surface area contributed by atoms with Crippen molar-refractivity contribution in [2.24, 2.45) is 0 Å². The van der Waals surface area contributed by atoms with Gasteiger partial charge in [-0.2, -0.15) is 0 Å². The minimum absolute atomic E-state index is 1.09. The molecule has 2 aliphatic rings. The van der Waals surface area contributed by atoms with Crippen LogP contribution < -0.4 is 0 Å². The fourth-order valence-corrected chi connectivity index (χ4v) is 4.39. The number of rotatable bonds is 0. The molecule has 0 aromatic heterocycles. The van der Waals surface area contributed by atoms with Gasteiger partial charge in [0.05, 0.1) is 0 Å². The van der Waals surface area contributed by atoms with Gasteiger partial charge in [0.1, 0.15) is 0 Å². The second kappa shape index (κ2) is 4.10. The van der Waals surface area contributed by atoms with Crippen molar-refractivity contribution in [1.82, 2.24) is 0 Å². The van der Waals surface area contributed by atoms with E-state index >= 15 is 0 Å². The van der Waals surface area contributed by atoms with Crippen molar-refractivity contribution in [3.63, 3.8) is 0 Å². The van der Waals surface area contributed by atoms with Gasteiger partial charge in [-0.15, -0.1) is 0 Å². The lowest BCUT2D eigenvalue weighted by Crippen LogP contribution is -1.90. The van der Waals surface area contributed by atoms with Gasteiger partial charge in [0.15, 0.2) is 0 Å². The van der Waals surface area contributed by atoms with Gasteiger partial charge >= 0.3 is 0 Å². The summed E-state index contributed by atoms with van der Waals surface area (Å²) >= 11 is 0. The maximum absolute atomic E-state index is 2.36. The summed E-state index contributed by atoms with van der Waals surface area (Å²) in [6, 6.07) is 18.3. The van der Waals surface area contributed by atoms with Crippen LogP contribution in [0.15, 0.2) is 48.5 Å². The highest BCUT2D eigenvalue weighted by atomic mass is 14.3. The summed E-state index contributed by atoms with van der Waals surface area (Å²) in [6.07, 6.45) is 2.18. The van der Waals surface area contributed by atoms with Gasteiger partial charge in [-0.1, -0.05) is 54.1 Å². The minimum atomic E-state index is 1.09. The zero-order valence-electron chi connectivity index (χ0n) is 13.0. The fraction of sp³-hybridized carbons (Fsp3) is 0.182. The third kappa shape index (κ3) is 1.47. The second-order valence-corrected chi connectivity index (χ2v) is 6.74. The third-order valence-electron chi connectivity index (χ3n) is 5.33. The molecule has 5 rings (SSSR count). The van der Waals surface area contributed by atoms with Crippen molar-refractivity contribution in [2.75, 3.05) is 0 Å². The third-order valence-corrected chi connectivity index (χ3v) is 5.33. The van der Waals surface area contributed by atoms with Gasteiger partial charge in [-0.05, 0) is 76.8 Å². The highest BCUT2D eigenvalue weighted by molar-refractivity contribution is 5.90. The van der Waals surface area contributed by atoms with E-state index in [0.29, 0.717) is 0 Å². The molecule has 3 aromatic carbocycles. The zero-order chi connectivity index (χ0) is 14.8. The summed E-state index contributed by atoms with van der Waals surface area (Å²) in [4.78, 5) is 0. The Morgan fingerprint density at radius 2 is 1.55 bits per heavy atom. The molecule has 0 atom stereocenters. The van der Waals surface area contributed by atoms with Crippen molar-refractivity contribution >= 4 is 0 Å². The largest absolute Gasteiger partial charge is 0.0619 e. The van der Waals surface area contributed by atoms with Crippen LogP contribution >= 0.6 is 0 Å². The van der Waals surface area contributed by atoms with Crippen molar-refractivity contribution in [3.05, 3.63) is 81.9 Å². The standard InChI is InChI=1S/C22H18/c1-13-9-14(2)19-12-21-18(20(19)10-13)8-7-16-11-15-5-3-4-6-17(15)22(16)21/h3-10H,11-12H2,1-2H3. The van der Waals surface area contributed by atoms with Crippen LogP contribution in [0.3, 0.4) is 0 Å². The second-order valence-electron chi connectivity index (χ2n) is 6.74. The van der Waals surface area contributed by atoms with Gasteiger partial charge < -0.3 is 0 Å². The molecule has 22 heavy (non-hydrogen) atoms. The lowest BCUT2D eigenvalue weighted by molar-refractivity contribution is 1.20. The van der Waals surface area contributed by atoms with Crippen molar-refractivity contribution in [1.29, 1.82) is 0 Å². The number of aryl methyl sites for hydroxylation is 2. The Kier molecular flexibility index (Phi) is 2.28. The van der Waals surface area contributed by atoms with Gasteiger partial charge in [-0.3, -0.25) is 0 Å². The number of hydrogen-bond donors (Lipinski definition) is 0. The topological polar surface area (TPSA) is 0 Å². The SMILES string of the molecule is Cc1cc(C)c2c(c1)-c1ccc3c(c1C2)-c1ccccc1C3. The Bertz CT molecular complexity index is 944. The summed E-state index contributed by atoms with van der Waals surface area (Å²) in [7, 11) is 0. The molecule has 0 unspecified atom stereocenters. The van der Waals surface area contributed by atoms with Gasteiger partial charge in [0, 0.05) is 0 Å². The van der Waals surface area contributed by atoms with Gasteiger partial charge in [0.2, 0.25) is 0 Å². The minimum Gasteiger partial charge on any atom is -0.0619 e. The van der Waals surface area contributed by atoms with Crippen LogP contribution in [0.25, 0.3) is 22.3 Å². The van der Waals surface area contributed by atoms with Crippen LogP contribution in [0, 0.1) is 13.8 Å². The zero-order valence-corrected chi connectivity index (χ0v) is 13.0. The van der Waals surface area contributed by atoms with Crippen LogP contribution in [-0.4, -0.2) is 0 Å². The van der Waals surface area contributed by atoms with Crippen LogP contribution in [0.1, 0.15) is 33.4 Å². The first-order valence-corrected chi connectivity index (χ1v) is 8.06. The van der Waals surface area contributed by atoms with E-state index in [1.165, 1.54) is 50.1 Å². The molecule has 0 N–H and O–H groups in total. The highest BCUT2D eigenvalue weighted by Crippen LogP contribution is 2.48. The van der Waals surface area contributed by atoms with E-state index in [0.717, 1.165) is 12.8 Å². The smallest absolute Gasteiger partial charge is 0.000455 e. The van der Waals surface area contributed by atoms with Crippen LogP contribution in [0.5, 0.6) is 0 Å². The first-order chi connectivity index (χ1) is 10.7. The van der Waals surface area contributed by atoms with E-state index in [2.05, 4.69) is 62.4 Å². The highest BCUT2D eigenvalue weighted by Gasteiger charge is 2.28. The Balaban J connectivity index is 1.82. The molecule has 0 saturated carbocycles. The molecular formula is C22H18. The predicted molar refractivity (Wildman–Crippen MR) is 92.4 cm³/mol. The Morgan fingerprint density at radius 1 is 0.682 bits per heavy atom. The monoisotopic (exact) mass is 282 g/mol. The molecule has 2 aliphatic carbocycles. The number of fused-ring (bicyclic) bond motifs is 7. The van der Waals surface area contributed by atoms with E-state index in [9.17, 15) is 0 Å². The molecule has 0 heteroatoms. The summed E-state index contributed by atoms with van der Waals surface area (Å²) < 4.78 is 0. The first-order valence-electron chi connectivity index (χ1n) is 8.06. The molecule has 0 amide bonds. The lowest BCUT2D eigenvalue weighted by atomic mass is 9.95. The maximum atomic E-state index is 2.36. The van der Waals surface area contributed by atoms with Crippen LogP contribution in [-0.2, 0) is 12.8 Å². The first kappa shape index (κ1) is 12.2. The van der Waals surface area contributed by atoms with Gasteiger partial charge in [0.25, 0.3) is 0 Å². The normalized spacial score (nSPS) is 13.5. The van der Waals surface area contributed by atoms with Crippen molar-refractivity contribution in [3.8, 4) is 22.3 Å². The van der Waals surface area contributed by atoms with Crippen LogP contribution in [0.2, 0.25) is 0 Å². The lowest BCUT2D eigenvalue weighted by Gasteiger charge is -2.09.